The van der Waals surface area contributed by atoms with Gasteiger partial charge >= 0.3 is 17.9 Å². The molecule has 0 unspecified atom stereocenters. The smallest absolute Gasteiger partial charge is 0.330 e. The zero-order chi connectivity index (χ0) is 26.6. The number of hydrogen-bond donors (Lipinski definition) is 0. The summed E-state index contributed by atoms with van der Waals surface area (Å²) in [6.45, 7) is 10.7. The van der Waals surface area contributed by atoms with Gasteiger partial charge in [0.15, 0.2) is 0 Å². The lowest BCUT2D eigenvalue weighted by Gasteiger charge is -2.20. The van der Waals surface area contributed by atoms with E-state index in [1.807, 2.05) is 72.8 Å². The first kappa shape index (κ1) is 26.9. The van der Waals surface area contributed by atoms with Crippen LogP contribution in [0.5, 0.6) is 0 Å². The third-order valence-corrected chi connectivity index (χ3v) is 5.58. The Kier molecular flexibility index (Phi) is 9.74. The minimum atomic E-state index is -0.473. The van der Waals surface area contributed by atoms with Crippen LogP contribution < -0.4 is 0 Å². The SMILES string of the molecule is C=CC(=O)OCc1ccc(C(c2ccc(COC(=O)C=C)cc2)c2ccc(COC(=O)C=C)cc2)cc1. The van der Waals surface area contributed by atoms with Gasteiger partial charge in [-0.1, -0.05) is 92.5 Å². The standard InChI is InChI=1S/C31H28O6/c1-4-28(32)35-19-22-7-13-25(14-8-22)31(26-15-9-23(10-16-26)20-36-29(33)5-2)27-17-11-24(12-18-27)21-37-30(34)6-3/h4-18,31H,1-3,19-21H2. The topological polar surface area (TPSA) is 78.9 Å². The second-order valence-corrected chi connectivity index (χ2v) is 8.09. The van der Waals surface area contributed by atoms with Gasteiger partial charge in [0.25, 0.3) is 0 Å². The molecular weight excluding hydrogens is 468 g/mol. The van der Waals surface area contributed by atoms with Gasteiger partial charge in [-0.2, -0.15) is 0 Å². The van der Waals surface area contributed by atoms with Crippen LogP contribution in [0.1, 0.15) is 39.3 Å². The lowest BCUT2D eigenvalue weighted by atomic mass is 9.84. The predicted molar refractivity (Wildman–Crippen MR) is 140 cm³/mol. The summed E-state index contributed by atoms with van der Waals surface area (Å²) in [5.74, 6) is -1.52. The number of rotatable bonds is 12. The minimum absolute atomic E-state index is 0.0978. The number of esters is 3. The van der Waals surface area contributed by atoms with Crippen LogP contribution in [0.25, 0.3) is 0 Å². The Morgan fingerprint density at radius 1 is 0.514 bits per heavy atom. The first-order valence-electron chi connectivity index (χ1n) is 11.6. The summed E-state index contributed by atoms with van der Waals surface area (Å²) < 4.78 is 15.4. The molecule has 0 atom stereocenters. The summed E-state index contributed by atoms with van der Waals surface area (Å²) in [6.07, 6.45) is 3.40. The molecule has 6 nitrogen and oxygen atoms in total. The van der Waals surface area contributed by atoms with Gasteiger partial charge in [0.1, 0.15) is 19.8 Å². The van der Waals surface area contributed by atoms with Crippen LogP contribution in [-0.2, 0) is 48.4 Å². The van der Waals surface area contributed by atoms with E-state index >= 15 is 0 Å². The summed E-state index contributed by atoms with van der Waals surface area (Å²) >= 11 is 0. The minimum Gasteiger partial charge on any atom is -0.458 e. The second kappa shape index (κ2) is 13.4. The summed E-state index contributed by atoms with van der Waals surface area (Å²) in [4.78, 5) is 34.1. The van der Waals surface area contributed by atoms with Gasteiger partial charge in [0.05, 0.1) is 0 Å². The van der Waals surface area contributed by atoms with Crippen molar-refractivity contribution >= 4 is 17.9 Å². The molecule has 0 amide bonds. The molecule has 0 spiro atoms. The summed E-state index contributed by atoms with van der Waals surface area (Å²) in [5.41, 5.74) is 5.69. The molecule has 188 valence electrons. The van der Waals surface area contributed by atoms with Crippen LogP contribution in [0.15, 0.2) is 111 Å². The van der Waals surface area contributed by atoms with E-state index < -0.39 is 17.9 Å². The van der Waals surface area contributed by atoms with Crippen LogP contribution in [-0.4, -0.2) is 17.9 Å². The molecule has 0 aliphatic carbocycles. The van der Waals surface area contributed by atoms with Gasteiger partial charge in [-0.15, -0.1) is 0 Å². The van der Waals surface area contributed by atoms with Gasteiger partial charge in [-0.3, -0.25) is 0 Å². The summed E-state index contributed by atoms with van der Waals surface area (Å²) in [6, 6.07) is 23.5. The van der Waals surface area contributed by atoms with E-state index in [4.69, 9.17) is 14.2 Å². The third kappa shape index (κ3) is 7.90. The Balaban J connectivity index is 1.87. The monoisotopic (exact) mass is 496 g/mol. The molecule has 3 aromatic rings. The molecule has 0 radical (unpaired) electrons. The van der Waals surface area contributed by atoms with Crippen LogP contribution in [0.4, 0.5) is 0 Å². The zero-order valence-corrected chi connectivity index (χ0v) is 20.4. The summed E-state index contributed by atoms with van der Waals surface area (Å²) in [5, 5.41) is 0. The number of benzene rings is 3. The Morgan fingerprint density at radius 3 is 0.973 bits per heavy atom. The van der Waals surface area contributed by atoms with E-state index in [1.165, 1.54) is 0 Å². The highest BCUT2D eigenvalue weighted by Gasteiger charge is 2.17. The molecule has 3 aromatic carbocycles. The average Bonchev–Trinajstić information content (AvgIpc) is 2.95. The molecule has 37 heavy (non-hydrogen) atoms. The van der Waals surface area contributed by atoms with Gasteiger partial charge in [0, 0.05) is 24.1 Å². The maximum Gasteiger partial charge on any atom is 0.330 e. The fourth-order valence-corrected chi connectivity index (χ4v) is 3.64. The van der Waals surface area contributed by atoms with E-state index in [-0.39, 0.29) is 25.7 Å². The normalized spacial score (nSPS) is 10.3. The van der Waals surface area contributed by atoms with Crippen LogP contribution in [0.3, 0.4) is 0 Å². The lowest BCUT2D eigenvalue weighted by molar-refractivity contribution is -0.139. The van der Waals surface area contributed by atoms with E-state index in [2.05, 4.69) is 19.7 Å². The van der Waals surface area contributed by atoms with E-state index in [0.29, 0.717) is 0 Å². The molecule has 0 fully saturated rings. The van der Waals surface area contributed by atoms with Gasteiger partial charge in [-0.05, 0) is 33.4 Å². The molecule has 0 aromatic heterocycles. The molecule has 0 N–H and O–H groups in total. The van der Waals surface area contributed by atoms with Crippen LogP contribution >= 0.6 is 0 Å². The van der Waals surface area contributed by atoms with Crippen LogP contribution in [0.2, 0.25) is 0 Å². The largest absolute Gasteiger partial charge is 0.458 e. The molecule has 6 heteroatoms. The lowest BCUT2D eigenvalue weighted by Crippen LogP contribution is -2.06. The zero-order valence-electron chi connectivity index (χ0n) is 20.4. The number of ether oxygens (including phenoxy) is 3. The Labute approximate surface area is 216 Å². The van der Waals surface area contributed by atoms with Crippen molar-refractivity contribution in [1.29, 1.82) is 0 Å². The fraction of sp³-hybridized carbons (Fsp3) is 0.129. The van der Waals surface area contributed by atoms with E-state index in [0.717, 1.165) is 51.6 Å². The van der Waals surface area contributed by atoms with Crippen molar-refractivity contribution in [3.05, 3.63) is 144 Å². The Hall–Kier alpha value is -4.71. The van der Waals surface area contributed by atoms with Crippen molar-refractivity contribution in [2.24, 2.45) is 0 Å². The Morgan fingerprint density at radius 2 is 0.757 bits per heavy atom. The van der Waals surface area contributed by atoms with E-state index in [1.54, 1.807) is 0 Å². The van der Waals surface area contributed by atoms with Gasteiger partial charge in [-0.25, -0.2) is 14.4 Å². The molecular formula is C31H28O6. The average molecular weight is 497 g/mol. The molecule has 0 saturated heterocycles. The first-order valence-corrected chi connectivity index (χ1v) is 11.6. The number of carbonyl (C=O) groups is 3. The first-order chi connectivity index (χ1) is 17.9. The number of carbonyl (C=O) groups excluding carboxylic acids is 3. The second-order valence-electron chi connectivity index (χ2n) is 8.09. The molecule has 0 bridgehead atoms. The Bertz CT molecular complexity index is 1090. The van der Waals surface area contributed by atoms with Crippen molar-refractivity contribution in [3.8, 4) is 0 Å². The van der Waals surface area contributed by atoms with Gasteiger partial charge < -0.3 is 14.2 Å². The van der Waals surface area contributed by atoms with Gasteiger partial charge in [0.2, 0.25) is 0 Å². The molecule has 0 aliphatic rings. The molecule has 3 rings (SSSR count). The van der Waals surface area contributed by atoms with Crippen molar-refractivity contribution in [2.75, 3.05) is 0 Å². The molecule has 0 saturated carbocycles. The van der Waals surface area contributed by atoms with Crippen molar-refractivity contribution < 1.29 is 28.6 Å². The molecule has 0 heterocycles. The highest BCUT2D eigenvalue weighted by atomic mass is 16.5. The predicted octanol–water partition coefficient (Wildman–Crippen LogP) is 5.55. The van der Waals surface area contributed by atoms with Crippen molar-refractivity contribution in [3.63, 3.8) is 0 Å². The molecule has 0 aliphatic heterocycles. The highest BCUT2D eigenvalue weighted by Crippen LogP contribution is 2.33. The van der Waals surface area contributed by atoms with Crippen LogP contribution in [0, 0.1) is 0 Å². The third-order valence-electron chi connectivity index (χ3n) is 5.58. The van der Waals surface area contributed by atoms with Crippen molar-refractivity contribution in [2.45, 2.75) is 25.7 Å². The van der Waals surface area contributed by atoms with E-state index in [9.17, 15) is 14.4 Å². The fourth-order valence-electron chi connectivity index (χ4n) is 3.64. The maximum atomic E-state index is 11.4. The van der Waals surface area contributed by atoms with Crippen molar-refractivity contribution in [1.82, 2.24) is 0 Å². The number of hydrogen-bond acceptors (Lipinski definition) is 6. The maximum absolute atomic E-state index is 11.4. The summed E-state index contributed by atoms with van der Waals surface area (Å²) in [7, 11) is 0. The quantitative estimate of drug-likeness (QED) is 0.142. The highest BCUT2D eigenvalue weighted by molar-refractivity contribution is 5.81.